The lowest BCUT2D eigenvalue weighted by Crippen LogP contribution is -2.30. The van der Waals surface area contributed by atoms with Gasteiger partial charge in [-0.15, -0.1) is 0 Å². The zero-order chi connectivity index (χ0) is 17.5. The van der Waals surface area contributed by atoms with Gasteiger partial charge in [0.25, 0.3) is 10.0 Å². The molecule has 0 saturated carbocycles. The Hall–Kier alpha value is -1.89. The number of benzene rings is 1. The highest BCUT2D eigenvalue weighted by Gasteiger charge is 2.18. The summed E-state index contributed by atoms with van der Waals surface area (Å²) in [5.74, 6) is -0.982. The Bertz CT molecular complexity index is 669. The molecule has 0 radical (unpaired) electrons. The maximum atomic E-state index is 12.2. The minimum absolute atomic E-state index is 0.00475. The largest absolute Gasteiger partial charge is 0.369 e. The third-order valence-corrected chi connectivity index (χ3v) is 4.87. The first-order chi connectivity index (χ1) is 10.8. The molecule has 7 heteroatoms. The number of primary amides is 1. The fraction of sp³-hybridized carbons (Fsp3) is 0.500. The van der Waals surface area contributed by atoms with E-state index in [0.29, 0.717) is 17.5 Å². The van der Waals surface area contributed by atoms with Crippen molar-refractivity contribution in [3.05, 3.63) is 29.3 Å². The van der Waals surface area contributed by atoms with Gasteiger partial charge in [-0.05, 0) is 36.6 Å². The monoisotopic (exact) mass is 340 g/mol. The lowest BCUT2D eigenvalue weighted by molar-refractivity contribution is -0.119. The van der Waals surface area contributed by atoms with E-state index < -0.39 is 21.8 Å². The number of rotatable bonds is 9. The van der Waals surface area contributed by atoms with Gasteiger partial charge in [-0.25, -0.2) is 13.1 Å². The van der Waals surface area contributed by atoms with Gasteiger partial charge in [0, 0.05) is 6.42 Å². The number of hydrogen-bond acceptors (Lipinski definition) is 4. The van der Waals surface area contributed by atoms with Crippen LogP contribution in [0.25, 0.3) is 0 Å². The standard InChI is InChI=1S/C16H24N2O4S/c1-3-4-5-6-7-16(20)18-23(21,22)14-9-8-13(11-15(17)19)12(2)10-14/h8-10H,3-7,11H2,1-2H3,(H2,17,19)(H,18,20). The van der Waals surface area contributed by atoms with Gasteiger partial charge in [-0.1, -0.05) is 32.3 Å². The zero-order valence-corrected chi connectivity index (χ0v) is 14.4. The molecule has 3 N–H and O–H groups in total. The number of hydrogen-bond donors (Lipinski definition) is 2. The summed E-state index contributed by atoms with van der Waals surface area (Å²) >= 11 is 0. The number of amides is 2. The van der Waals surface area contributed by atoms with E-state index in [-0.39, 0.29) is 17.7 Å². The first kappa shape index (κ1) is 19.2. The lowest BCUT2D eigenvalue weighted by atomic mass is 10.1. The topological polar surface area (TPSA) is 106 Å². The molecule has 23 heavy (non-hydrogen) atoms. The van der Waals surface area contributed by atoms with Gasteiger partial charge in [0.1, 0.15) is 0 Å². The molecule has 0 aliphatic rings. The average molecular weight is 340 g/mol. The Morgan fingerprint density at radius 2 is 1.87 bits per heavy atom. The molecule has 0 heterocycles. The molecule has 0 spiro atoms. The quantitative estimate of drug-likeness (QED) is 0.668. The predicted molar refractivity (Wildman–Crippen MR) is 88.2 cm³/mol. The number of aryl methyl sites for hydroxylation is 1. The van der Waals surface area contributed by atoms with Crippen molar-refractivity contribution in [2.75, 3.05) is 0 Å². The first-order valence-corrected chi connectivity index (χ1v) is 9.18. The molecular weight excluding hydrogens is 316 g/mol. The fourth-order valence-corrected chi connectivity index (χ4v) is 3.29. The highest BCUT2D eigenvalue weighted by Crippen LogP contribution is 2.16. The number of nitrogens with two attached hydrogens (primary N) is 1. The Morgan fingerprint density at radius 1 is 1.17 bits per heavy atom. The van der Waals surface area contributed by atoms with Crippen molar-refractivity contribution in [1.82, 2.24) is 4.72 Å². The van der Waals surface area contributed by atoms with Gasteiger partial charge in [0.2, 0.25) is 11.8 Å². The Kier molecular flexibility index (Phi) is 7.22. The molecule has 128 valence electrons. The summed E-state index contributed by atoms with van der Waals surface area (Å²) in [5.41, 5.74) is 6.45. The van der Waals surface area contributed by atoms with Crippen LogP contribution in [-0.4, -0.2) is 20.2 Å². The molecule has 1 aromatic rings. The van der Waals surface area contributed by atoms with Crippen molar-refractivity contribution < 1.29 is 18.0 Å². The molecule has 0 aliphatic heterocycles. The van der Waals surface area contributed by atoms with Crippen LogP contribution in [0.3, 0.4) is 0 Å². The molecule has 2 amide bonds. The Labute approximate surface area is 137 Å². The zero-order valence-electron chi connectivity index (χ0n) is 13.6. The van der Waals surface area contributed by atoms with Gasteiger partial charge in [-0.2, -0.15) is 0 Å². The molecule has 1 aromatic carbocycles. The number of carbonyl (C=O) groups is 2. The molecule has 0 bridgehead atoms. The van der Waals surface area contributed by atoms with Crippen LogP contribution in [0.15, 0.2) is 23.1 Å². The SMILES string of the molecule is CCCCCCC(=O)NS(=O)(=O)c1ccc(CC(N)=O)c(C)c1. The van der Waals surface area contributed by atoms with Crippen molar-refractivity contribution in [3.8, 4) is 0 Å². The molecule has 0 unspecified atom stereocenters. The van der Waals surface area contributed by atoms with Crippen molar-refractivity contribution in [1.29, 1.82) is 0 Å². The summed E-state index contributed by atoms with van der Waals surface area (Å²) in [7, 11) is -3.89. The third-order valence-electron chi connectivity index (χ3n) is 3.49. The van der Waals surface area contributed by atoms with Crippen LogP contribution in [0.1, 0.15) is 50.2 Å². The van der Waals surface area contributed by atoms with Crippen LogP contribution in [0.2, 0.25) is 0 Å². The van der Waals surface area contributed by atoms with E-state index in [1.54, 1.807) is 13.0 Å². The third kappa shape index (κ3) is 6.40. The maximum absolute atomic E-state index is 12.2. The summed E-state index contributed by atoms with van der Waals surface area (Å²) < 4.78 is 26.5. The summed E-state index contributed by atoms with van der Waals surface area (Å²) in [4.78, 5) is 22.7. The summed E-state index contributed by atoms with van der Waals surface area (Å²) in [6, 6.07) is 4.35. The van der Waals surface area contributed by atoms with Gasteiger partial charge in [0.15, 0.2) is 0 Å². The van der Waals surface area contributed by atoms with Crippen molar-refractivity contribution in [2.45, 2.75) is 57.3 Å². The Balaban J connectivity index is 2.74. The van der Waals surface area contributed by atoms with E-state index in [1.165, 1.54) is 12.1 Å². The fourth-order valence-electron chi connectivity index (χ4n) is 2.19. The van der Waals surface area contributed by atoms with Crippen LogP contribution in [0, 0.1) is 6.92 Å². The molecule has 6 nitrogen and oxygen atoms in total. The minimum atomic E-state index is -3.89. The van der Waals surface area contributed by atoms with E-state index in [4.69, 9.17) is 5.73 Å². The smallest absolute Gasteiger partial charge is 0.264 e. The van der Waals surface area contributed by atoms with Gasteiger partial charge in [0.05, 0.1) is 11.3 Å². The second-order valence-electron chi connectivity index (χ2n) is 5.57. The molecule has 0 atom stereocenters. The summed E-state index contributed by atoms with van der Waals surface area (Å²) in [6.07, 6.45) is 3.90. The number of sulfonamides is 1. The highest BCUT2D eigenvalue weighted by atomic mass is 32.2. The van der Waals surface area contributed by atoms with Crippen molar-refractivity contribution >= 4 is 21.8 Å². The van der Waals surface area contributed by atoms with Crippen LogP contribution >= 0.6 is 0 Å². The first-order valence-electron chi connectivity index (χ1n) is 7.69. The molecule has 0 saturated heterocycles. The molecule has 0 aromatic heterocycles. The normalized spacial score (nSPS) is 11.2. The number of nitrogens with one attached hydrogen (secondary N) is 1. The van der Waals surface area contributed by atoms with E-state index >= 15 is 0 Å². The van der Waals surface area contributed by atoms with Crippen LogP contribution in [-0.2, 0) is 26.0 Å². The average Bonchev–Trinajstić information content (AvgIpc) is 2.44. The van der Waals surface area contributed by atoms with Crippen LogP contribution in [0.4, 0.5) is 0 Å². The van der Waals surface area contributed by atoms with E-state index in [0.717, 1.165) is 19.3 Å². The lowest BCUT2D eigenvalue weighted by Gasteiger charge is -2.10. The van der Waals surface area contributed by atoms with E-state index in [1.807, 2.05) is 0 Å². The van der Waals surface area contributed by atoms with Gasteiger partial charge in [-0.3, -0.25) is 9.59 Å². The van der Waals surface area contributed by atoms with E-state index in [2.05, 4.69) is 11.6 Å². The van der Waals surface area contributed by atoms with Crippen molar-refractivity contribution in [2.24, 2.45) is 5.73 Å². The molecule has 0 aliphatic carbocycles. The second-order valence-corrected chi connectivity index (χ2v) is 7.25. The summed E-state index contributed by atoms with van der Waals surface area (Å²) in [5, 5.41) is 0. The highest BCUT2D eigenvalue weighted by molar-refractivity contribution is 7.90. The van der Waals surface area contributed by atoms with Gasteiger partial charge >= 0.3 is 0 Å². The molecular formula is C16H24N2O4S. The van der Waals surface area contributed by atoms with Crippen LogP contribution in [0.5, 0.6) is 0 Å². The second kappa shape index (κ2) is 8.67. The Morgan fingerprint density at radius 3 is 2.43 bits per heavy atom. The minimum Gasteiger partial charge on any atom is -0.369 e. The summed E-state index contributed by atoms with van der Waals surface area (Å²) in [6.45, 7) is 3.76. The van der Waals surface area contributed by atoms with Crippen molar-refractivity contribution in [3.63, 3.8) is 0 Å². The molecule has 0 fully saturated rings. The van der Waals surface area contributed by atoms with Gasteiger partial charge < -0.3 is 5.73 Å². The van der Waals surface area contributed by atoms with E-state index in [9.17, 15) is 18.0 Å². The number of carbonyl (C=O) groups excluding carboxylic acids is 2. The predicted octanol–water partition coefficient (Wildman–Crippen LogP) is 1.80. The maximum Gasteiger partial charge on any atom is 0.264 e. The number of unbranched alkanes of at least 4 members (excludes halogenated alkanes) is 3. The molecule has 1 rings (SSSR count). The van der Waals surface area contributed by atoms with Crippen LogP contribution < -0.4 is 10.5 Å².